The number of carboxylic acid groups (broad SMARTS) is 1. The van der Waals surface area contributed by atoms with Gasteiger partial charge in [-0.2, -0.15) is 0 Å². The Bertz CT molecular complexity index is 473. The highest BCUT2D eigenvalue weighted by Crippen LogP contribution is 2.31. The van der Waals surface area contributed by atoms with Gasteiger partial charge < -0.3 is 5.11 Å². The molecule has 4 heteroatoms. The summed E-state index contributed by atoms with van der Waals surface area (Å²) in [5.41, 5.74) is 1.34. The fourth-order valence-corrected chi connectivity index (χ4v) is 3.41. The van der Waals surface area contributed by atoms with Crippen LogP contribution in [0.2, 0.25) is 0 Å². The summed E-state index contributed by atoms with van der Waals surface area (Å²) < 4.78 is 0. The summed E-state index contributed by atoms with van der Waals surface area (Å²) in [6.07, 6.45) is 4.64. The molecule has 1 saturated carbocycles. The van der Waals surface area contributed by atoms with Crippen LogP contribution in [0.25, 0.3) is 0 Å². The van der Waals surface area contributed by atoms with Gasteiger partial charge in [-0.15, -0.1) is 0 Å². The molecule has 0 spiro atoms. The molecule has 21 heavy (non-hydrogen) atoms. The van der Waals surface area contributed by atoms with Crippen LogP contribution in [-0.2, 0) is 11.3 Å². The van der Waals surface area contributed by atoms with Crippen molar-refractivity contribution in [1.82, 2.24) is 9.80 Å². The fourth-order valence-electron chi connectivity index (χ4n) is 3.41. The Labute approximate surface area is 126 Å². The van der Waals surface area contributed by atoms with Crippen molar-refractivity contribution in [3.8, 4) is 0 Å². The van der Waals surface area contributed by atoms with Gasteiger partial charge in [0.2, 0.25) is 0 Å². The van der Waals surface area contributed by atoms with Gasteiger partial charge in [0.05, 0.1) is 6.54 Å². The fraction of sp³-hybridized carbons (Fsp3) is 0.588. The van der Waals surface area contributed by atoms with Crippen LogP contribution < -0.4 is 0 Å². The Morgan fingerprint density at radius 1 is 1.19 bits per heavy atom. The van der Waals surface area contributed by atoms with Crippen molar-refractivity contribution in [3.05, 3.63) is 35.9 Å². The van der Waals surface area contributed by atoms with Gasteiger partial charge in [-0.05, 0) is 37.8 Å². The Hall–Kier alpha value is -1.39. The van der Waals surface area contributed by atoms with Crippen molar-refractivity contribution < 1.29 is 9.90 Å². The molecule has 0 amide bonds. The summed E-state index contributed by atoms with van der Waals surface area (Å²) in [4.78, 5) is 15.8. The molecular weight excluding hydrogens is 264 g/mol. The van der Waals surface area contributed by atoms with E-state index in [-0.39, 0.29) is 6.54 Å². The number of hydrogen-bond donors (Lipinski definition) is 1. The summed E-state index contributed by atoms with van der Waals surface area (Å²) in [6.45, 7) is 3.30. The molecule has 1 aliphatic carbocycles. The van der Waals surface area contributed by atoms with Crippen molar-refractivity contribution in [2.24, 2.45) is 0 Å². The maximum Gasteiger partial charge on any atom is 0.317 e. The van der Waals surface area contributed by atoms with Gasteiger partial charge >= 0.3 is 5.97 Å². The second-order valence-electron chi connectivity index (χ2n) is 6.31. The lowest BCUT2D eigenvalue weighted by Crippen LogP contribution is -2.50. The minimum atomic E-state index is -0.693. The number of piperidine rings is 1. The first-order valence-electron chi connectivity index (χ1n) is 7.96. The van der Waals surface area contributed by atoms with Crippen LogP contribution in [0.5, 0.6) is 0 Å². The van der Waals surface area contributed by atoms with E-state index in [1.165, 1.54) is 24.8 Å². The Morgan fingerprint density at radius 2 is 1.95 bits per heavy atom. The van der Waals surface area contributed by atoms with Crippen molar-refractivity contribution in [2.75, 3.05) is 19.6 Å². The van der Waals surface area contributed by atoms with Gasteiger partial charge in [0.25, 0.3) is 0 Å². The molecule has 1 heterocycles. The summed E-state index contributed by atoms with van der Waals surface area (Å²) in [7, 11) is 0. The van der Waals surface area contributed by atoms with Gasteiger partial charge in [-0.1, -0.05) is 30.3 Å². The molecule has 3 rings (SSSR count). The van der Waals surface area contributed by atoms with Gasteiger partial charge in [-0.3, -0.25) is 14.6 Å². The summed E-state index contributed by atoms with van der Waals surface area (Å²) >= 11 is 0. The molecule has 0 bridgehead atoms. The largest absolute Gasteiger partial charge is 0.480 e. The highest BCUT2D eigenvalue weighted by atomic mass is 16.4. The van der Waals surface area contributed by atoms with Crippen LogP contribution >= 0.6 is 0 Å². The van der Waals surface area contributed by atoms with E-state index in [1.807, 2.05) is 6.07 Å². The second kappa shape index (κ2) is 6.58. The van der Waals surface area contributed by atoms with Crippen molar-refractivity contribution in [1.29, 1.82) is 0 Å². The summed E-state index contributed by atoms with van der Waals surface area (Å²) in [5.74, 6) is -0.693. The van der Waals surface area contributed by atoms with Crippen LogP contribution in [0.4, 0.5) is 0 Å². The minimum Gasteiger partial charge on any atom is -0.480 e. The van der Waals surface area contributed by atoms with Crippen LogP contribution in [0.15, 0.2) is 30.3 Å². The normalized spacial score (nSPS) is 23.4. The van der Waals surface area contributed by atoms with Crippen LogP contribution in [0, 0.1) is 0 Å². The molecule has 114 valence electrons. The first-order chi connectivity index (χ1) is 10.2. The molecule has 1 N–H and O–H groups in total. The second-order valence-corrected chi connectivity index (χ2v) is 6.31. The lowest BCUT2D eigenvalue weighted by molar-refractivity contribution is -0.139. The predicted octanol–water partition coefficient (Wildman–Crippen LogP) is 2.20. The number of aliphatic carboxylic acids is 1. The van der Waals surface area contributed by atoms with Crippen molar-refractivity contribution >= 4 is 5.97 Å². The number of carboxylic acids is 1. The van der Waals surface area contributed by atoms with Gasteiger partial charge in [-0.25, -0.2) is 0 Å². The number of likely N-dealkylation sites (tertiary alicyclic amines) is 1. The lowest BCUT2D eigenvalue weighted by Gasteiger charge is -2.39. The Balaban J connectivity index is 1.60. The first kappa shape index (κ1) is 14.5. The van der Waals surface area contributed by atoms with Crippen molar-refractivity contribution in [2.45, 2.75) is 44.3 Å². The number of benzene rings is 1. The quantitative estimate of drug-likeness (QED) is 0.871. The molecule has 1 aliphatic heterocycles. The third kappa shape index (κ3) is 4.05. The van der Waals surface area contributed by atoms with Crippen LogP contribution in [0.3, 0.4) is 0 Å². The molecule has 4 nitrogen and oxygen atoms in total. The molecule has 1 atom stereocenters. The zero-order valence-electron chi connectivity index (χ0n) is 12.4. The third-order valence-electron chi connectivity index (χ3n) is 4.53. The van der Waals surface area contributed by atoms with E-state index in [2.05, 4.69) is 34.1 Å². The molecule has 1 aromatic carbocycles. The topological polar surface area (TPSA) is 43.8 Å². The van der Waals surface area contributed by atoms with Crippen LogP contribution in [-0.4, -0.2) is 52.6 Å². The molecular formula is C17H24N2O2. The third-order valence-corrected chi connectivity index (χ3v) is 4.53. The van der Waals surface area contributed by atoms with Gasteiger partial charge in [0, 0.05) is 25.2 Å². The zero-order chi connectivity index (χ0) is 14.7. The van der Waals surface area contributed by atoms with E-state index in [0.717, 1.165) is 26.1 Å². The number of rotatable bonds is 6. The SMILES string of the molecule is O=C(O)CN(C1CC1)C1CCCN(Cc2ccccc2)C1. The maximum absolute atomic E-state index is 11.1. The highest BCUT2D eigenvalue weighted by molar-refractivity contribution is 5.69. The molecule has 2 aliphatic rings. The van der Waals surface area contributed by atoms with E-state index >= 15 is 0 Å². The number of hydrogen-bond acceptors (Lipinski definition) is 3. The first-order valence-corrected chi connectivity index (χ1v) is 7.96. The Morgan fingerprint density at radius 3 is 2.62 bits per heavy atom. The minimum absolute atomic E-state index is 0.203. The molecule has 1 saturated heterocycles. The summed E-state index contributed by atoms with van der Waals surface area (Å²) in [6, 6.07) is 11.5. The van der Waals surface area contributed by atoms with E-state index in [1.54, 1.807) is 0 Å². The highest BCUT2D eigenvalue weighted by Gasteiger charge is 2.36. The summed E-state index contributed by atoms with van der Waals surface area (Å²) in [5, 5.41) is 9.14. The number of carbonyl (C=O) groups is 1. The van der Waals surface area contributed by atoms with Crippen LogP contribution in [0.1, 0.15) is 31.2 Å². The average Bonchev–Trinajstić information content (AvgIpc) is 3.30. The predicted molar refractivity (Wildman–Crippen MR) is 82.1 cm³/mol. The Kier molecular flexibility index (Phi) is 4.56. The molecule has 0 aromatic heterocycles. The smallest absolute Gasteiger partial charge is 0.317 e. The van der Waals surface area contributed by atoms with E-state index in [4.69, 9.17) is 5.11 Å². The monoisotopic (exact) mass is 288 g/mol. The van der Waals surface area contributed by atoms with E-state index in [0.29, 0.717) is 12.1 Å². The molecule has 1 unspecified atom stereocenters. The zero-order valence-corrected chi connectivity index (χ0v) is 12.4. The lowest BCUT2D eigenvalue weighted by atomic mass is 10.0. The molecule has 0 radical (unpaired) electrons. The van der Waals surface area contributed by atoms with E-state index in [9.17, 15) is 4.79 Å². The maximum atomic E-state index is 11.1. The van der Waals surface area contributed by atoms with E-state index < -0.39 is 5.97 Å². The molecule has 1 aromatic rings. The van der Waals surface area contributed by atoms with Gasteiger partial charge in [0.15, 0.2) is 0 Å². The standard InChI is InChI=1S/C17H24N2O2/c20-17(21)13-19(15-8-9-15)16-7-4-10-18(12-16)11-14-5-2-1-3-6-14/h1-3,5-6,15-16H,4,7-13H2,(H,20,21). The average molecular weight is 288 g/mol. The number of nitrogens with zero attached hydrogens (tertiary/aromatic N) is 2. The van der Waals surface area contributed by atoms with Crippen molar-refractivity contribution in [3.63, 3.8) is 0 Å². The van der Waals surface area contributed by atoms with Gasteiger partial charge in [0.1, 0.15) is 0 Å². The molecule has 2 fully saturated rings.